The summed E-state index contributed by atoms with van der Waals surface area (Å²) in [6, 6.07) is 16.0. The number of benzene rings is 2. The van der Waals surface area contributed by atoms with Crippen molar-refractivity contribution in [3.63, 3.8) is 0 Å². The van der Waals surface area contributed by atoms with Gasteiger partial charge in [0.05, 0.1) is 0 Å². The lowest BCUT2D eigenvalue weighted by molar-refractivity contribution is -0.116. The van der Waals surface area contributed by atoms with Crippen molar-refractivity contribution < 1.29 is 9.21 Å². The third-order valence-corrected chi connectivity index (χ3v) is 5.40. The number of carbonyl (C=O) groups excluding carboxylic acids is 1. The number of anilines is 1. The van der Waals surface area contributed by atoms with E-state index in [2.05, 4.69) is 15.2 Å². The van der Waals surface area contributed by atoms with E-state index in [0.717, 1.165) is 42.6 Å². The minimum Gasteiger partial charge on any atom is -0.423 e. The van der Waals surface area contributed by atoms with Crippen LogP contribution in [0.4, 0.5) is 6.01 Å². The van der Waals surface area contributed by atoms with Crippen LogP contribution in [-0.4, -0.2) is 30.5 Å². The number of rotatable bonds is 5. The van der Waals surface area contributed by atoms with Gasteiger partial charge in [0.15, 0.2) is 5.58 Å². The number of nitrogens with one attached hydrogen (secondary N) is 1. The Hall–Kier alpha value is -2.79. The van der Waals surface area contributed by atoms with Crippen LogP contribution >= 0.6 is 11.6 Å². The van der Waals surface area contributed by atoms with Crippen LogP contribution in [0, 0.1) is 5.92 Å². The number of para-hydroxylation sites is 2. The van der Waals surface area contributed by atoms with E-state index in [1.807, 2.05) is 48.5 Å². The van der Waals surface area contributed by atoms with Gasteiger partial charge in [-0.3, -0.25) is 4.79 Å². The third kappa shape index (κ3) is 4.37. The summed E-state index contributed by atoms with van der Waals surface area (Å²) in [5.41, 5.74) is 2.54. The molecule has 0 saturated carbocycles. The summed E-state index contributed by atoms with van der Waals surface area (Å²) in [4.78, 5) is 18.8. The first-order valence-corrected chi connectivity index (χ1v) is 9.88. The number of carbonyl (C=O) groups is 1. The van der Waals surface area contributed by atoms with Gasteiger partial charge in [-0.1, -0.05) is 41.9 Å². The first-order chi connectivity index (χ1) is 13.7. The topological polar surface area (TPSA) is 58.4 Å². The molecule has 1 aliphatic rings. The lowest BCUT2D eigenvalue weighted by Crippen LogP contribution is -2.38. The van der Waals surface area contributed by atoms with E-state index in [9.17, 15) is 4.79 Å². The van der Waals surface area contributed by atoms with Crippen molar-refractivity contribution in [2.45, 2.75) is 12.8 Å². The number of piperidine rings is 1. The Balaban J connectivity index is 1.25. The SMILES string of the molecule is O=C(/C=C/c1ccccc1Cl)NCC1CCN(c2nc3ccccc3o2)CC1. The molecule has 1 amide bonds. The molecule has 0 unspecified atom stereocenters. The van der Waals surface area contributed by atoms with Gasteiger partial charge in [-0.2, -0.15) is 4.98 Å². The average Bonchev–Trinajstić information content (AvgIpc) is 3.16. The van der Waals surface area contributed by atoms with Crippen LogP contribution in [0.15, 0.2) is 59.0 Å². The van der Waals surface area contributed by atoms with Gasteiger partial charge in [-0.05, 0) is 48.6 Å². The van der Waals surface area contributed by atoms with Crippen LogP contribution < -0.4 is 10.2 Å². The first-order valence-electron chi connectivity index (χ1n) is 9.50. The monoisotopic (exact) mass is 395 g/mol. The fraction of sp³-hybridized carbons (Fsp3) is 0.273. The highest BCUT2D eigenvalue weighted by Crippen LogP contribution is 2.26. The molecule has 0 spiro atoms. The molecule has 2 aromatic carbocycles. The number of halogens is 1. The normalized spacial score (nSPS) is 15.4. The average molecular weight is 396 g/mol. The maximum Gasteiger partial charge on any atom is 0.298 e. The van der Waals surface area contributed by atoms with E-state index in [-0.39, 0.29) is 5.91 Å². The molecule has 0 radical (unpaired) electrons. The van der Waals surface area contributed by atoms with E-state index < -0.39 is 0 Å². The van der Waals surface area contributed by atoms with Crippen LogP contribution in [0.1, 0.15) is 18.4 Å². The molecule has 4 rings (SSSR count). The number of nitrogens with zero attached hydrogens (tertiary/aromatic N) is 2. The number of hydrogen-bond donors (Lipinski definition) is 1. The smallest absolute Gasteiger partial charge is 0.298 e. The van der Waals surface area contributed by atoms with Gasteiger partial charge < -0.3 is 14.6 Å². The predicted molar refractivity (Wildman–Crippen MR) is 112 cm³/mol. The van der Waals surface area contributed by atoms with Gasteiger partial charge in [0.1, 0.15) is 5.52 Å². The maximum absolute atomic E-state index is 12.1. The number of aromatic nitrogens is 1. The van der Waals surface area contributed by atoms with Crippen molar-refractivity contribution in [2.75, 3.05) is 24.5 Å². The molecular formula is C22H22ClN3O2. The molecule has 144 valence electrons. The minimum absolute atomic E-state index is 0.0960. The molecule has 1 fully saturated rings. The van der Waals surface area contributed by atoms with E-state index in [0.29, 0.717) is 23.5 Å². The van der Waals surface area contributed by atoms with Gasteiger partial charge in [0.2, 0.25) is 5.91 Å². The zero-order valence-electron chi connectivity index (χ0n) is 15.5. The zero-order chi connectivity index (χ0) is 19.3. The molecule has 5 nitrogen and oxygen atoms in total. The Morgan fingerprint density at radius 1 is 1.18 bits per heavy atom. The second kappa shape index (κ2) is 8.48. The zero-order valence-corrected chi connectivity index (χ0v) is 16.2. The molecule has 6 heteroatoms. The van der Waals surface area contributed by atoms with Gasteiger partial charge in [-0.25, -0.2) is 0 Å². The van der Waals surface area contributed by atoms with Crippen molar-refractivity contribution in [1.29, 1.82) is 0 Å². The van der Waals surface area contributed by atoms with Crippen molar-refractivity contribution >= 4 is 40.7 Å². The Morgan fingerprint density at radius 2 is 1.93 bits per heavy atom. The van der Waals surface area contributed by atoms with E-state index in [1.165, 1.54) is 6.08 Å². The number of hydrogen-bond acceptors (Lipinski definition) is 4. The van der Waals surface area contributed by atoms with Crippen LogP contribution in [0.3, 0.4) is 0 Å². The fourth-order valence-electron chi connectivity index (χ4n) is 3.40. The quantitative estimate of drug-likeness (QED) is 0.645. The molecule has 1 aliphatic heterocycles. The standard InChI is InChI=1S/C22H22ClN3O2/c23-18-6-2-1-5-17(18)9-10-21(27)24-15-16-11-13-26(14-12-16)22-25-19-7-3-4-8-20(19)28-22/h1-10,16H,11-15H2,(H,24,27)/b10-9+. The van der Waals surface area contributed by atoms with E-state index in [1.54, 1.807) is 6.08 Å². The number of amides is 1. The summed E-state index contributed by atoms with van der Waals surface area (Å²) in [7, 11) is 0. The highest BCUT2D eigenvalue weighted by Gasteiger charge is 2.22. The Bertz CT molecular complexity index is 957. The third-order valence-electron chi connectivity index (χ3n) is 5.05. The van der Waals surface area contributed by atoms with Gasteiger partial charge >= 0.3 is 0 Å². The Labute approximate surface area is 169 Å². The molecular weight excluding hydrogens is 374 g/mol. The second-order valence-electron chi connectivity index (χ2n) is 6.99. The van der Waals surface area contributed by atoms with Gasteiger partial charge in [-0.15, -0.1) is 0 Å². The van der Waals surface area contributed by atoms with Gasteiger partial charge in [0.25, 0.3) is 6.01 Å². The minimum atomic E-state index is -0.0960. The fourth-order valence-corrected chi connectivity index (χ4v) is 3.60. The lowest BCUT2D eigenvalue weighted by Gasteiger charge is -2.30. The lowest BCUT2D eigenvalue weighted by atomic mass is 9.97. The molecule has 0 atom stereocenters. The maximum atomic E-state index is 12.1. The summed E-state index contributed by atoms with van der Waals surface area (Å²) in [6.07, 6.45) is 5.27. The molecule has 1 saturated heterocycles. The summed E-state index contributed by atoms with van der Waals surface area (Å²) >= 11 is 6.10. The summed E-state index contributed by atoms with van der Waals surface area (Å²) < 4.78 is 5.85. The van der Waals surface area contributed by atoms with E-state index in [4.69, 9.17) is 16.0 Å². The van der Waals surface area contributed by atoms with Crippen molar-refractivity contribution in [2.24, 2.45) is 5.92 Å². The van der Waals surface area contributed by atoms with Crippen LogP contribution in [0.25, 0.3) is 17.2 Å². The highest BCUT2D eigenvalue weighted by molar-refractivity contribution is 6.32. The molecule has 1 aromatic heterocycles. The predicted octanol–water partition coefficient (Wildman–Crippen LogP) is 4.53. The summed E-state index contributed by atoms with van der Waals surface area (Å²) in [5, 5.41) is 3.63. The van der Waals surface area contributed by atoms with E-state index >= 15 is 0 Å². The highest BCUT2D eigenvalue weighted by atomic mass is 35.5. The Morgan fingerprint density at radius 3 is 2.71 bits per heavy atom. The number of oxazole rings is 1. The molecule has 28 heavy (non-hydrogen) atoms. The molecule has 0 bridgehead atoms. The van der Waals surface area contributed by atoms with Crippen molar-refractivity contribution in [3.05, 3.63) is 65.2 Å². The van der Waals surface area contributed by atoms with Crippen LogP contribution in [0.2, 0.25) is 5.02 Å². The largest absolute Gasteiger partial charge is 0.423 e. The van der Waals surface area contributed by atoms with Crippen molar-refractivity contribution in [3.8, 4) is 0 Å². The van der Waals surface area contributed by atoms with Crippen LogP contribution in [-0.2, 0) is 4.79 Å². The number of fused-ring (bicyclic) bond motifs is 1. The first kappa shape index (κ1) is 18.6. The molecule has 0 aliphatic carbocycles. The summed E-state index contributed by atoms with van der Waals surface area (Å²) in [5.74, 6) is 0.361. The second-order valence-corrected chi connectivity index (χ2v) is 7.40. The molecule has 2 heterocycles. The van der Waals surface area contributed by atoms with Gasteiger partial charge in [0, 0.05) is 30.7 Å². The molecule has 1 N–H and O–H groups in total. The molecule has 3 aromatic rings. The van der Waals surface area contributed by atoms with Crippen molar-refractivity contribution in [1.82, 2.24) is 10.3 Å². The van der Waals surface area contributed by atoms with Crippen LogP contribution in [0.5, 0.6) is 0 Å². The summed E-state index contributed by atoms with van der Waals surface area (Å²) in [6.45, 7) is 2.43. The Kier molecular flexibility index (Phi) is 5.63.